The Morgan fingerprint density at radius 3 is 2.86 bits per heavy atom. The zero-order valence-corrected chi connectivity index (χ0v) is 13.7. The van der Waals surface area contributed by atoms with Crippen LogP contribution in [0.4, 0.5) is 0 Å². The fourth-order valence-corrected chi connectivity index (χ4v) is 4.35. The summed E-state index contributed by atoms with van der Waals surface area (Å²) in [5.74, 6) is 0.309. The van der Waals surface area contributed by atoms with Crippen LogP contribution in [0.2, 0.25) is 0 Å². The Kier molecular flexibility index (Phi) is 3.32. The van der Waals surface area contributed by atoms with Gasteiger partial charge in [-0.3, -0.25) is 19.5 Å². The second-order valence-electron chi connectivity index (χ2n) is 6.04. The van der Waals surface area contributed by atoms with Crippen LogP contribution in [0, 0.1) is 5.92 Å². The van der Waals surface area contributed by atoms with Gasteiger partial charge in [0.15, 0.2) is 0 Å². The van der Waals surface area contributed by atoms with Gasteiger partial charge < -0.3 is 5.32 Å². The maximum atomic E-state index is 13.0. The topological polar surface area (TPSA) is 62.3 Å². The first-order chi connectivity index (χ1) is 10.4. The second-order valence-corrected chi connectivity index (χ2v) is 7.25. The average molecular weight is 317 g/mol. The molecule has 6 heteroatoms. The van der Waals surface area contributed by atoms with E-state index in [0.717, 1.165) is 0 Å². The highest BCUT2D eigenvalue weighted by Gasteiger charge is 2.67. The summed E-state index contributed by atoms with van der Waals surface area (Å²) >= 11 is 1.46. The van der Waals surface area contributed by atoms with Gasteiger partial charge in [0.2, 0.25) is 10.9 Å². The molecule has 0 bridgehead atoms. The molecule has 5 nitrogen and oxygen atoms in total. The number of carbonyl (C=O) groups excluding carboxylic acids is 2. The maximum Gasteiger partial charge on any atom is 0.259 e. The van der Waals surface area contributed by atoms with Crippen LogP contribution < -0.4 is 5.32 Å². The van der Waals surface area contributed by atoms with Gasteiger partial charge in [-0.2, -0.15) is 0 Å². The summed E-state index contributed by atoms with van der Waals surface area (Å²) in [4.78, 5) is 30.8. The average Bonchev–Trinajstić information content (AvgIpc) is 2.88. The van der Waals surface area contributed by atoms with E-state index < -0.39 is 10.5 Å². The Morgan fingerprint density at radius 1 is 1.50 bits per heavy atom. The van der Waals surface area contributed by atoms with E-state index in [9.17, 15) is 9.59 Å². The van der Waals surface area contributed by atoms with E-state index in [0.29, 0.717) is 17.0 Å². The van der Waals surface area contributed by atoms with E-state index in [1.54, 1.807) is 29.3 Å². The highest BCUT2D eigenvalue weighted by molar-refractivity contribution is 8.00. The van der Waals surface area contributed by atoms with Crippen LogP contribution in [0.5, 0.6) is 0 Å². The molecule has 0 aliphatic carbocycles. The van der Waals surface area contributed by atoms with Crippen molar-refractivity contribution in [1.29, 1.82) is 0 Å². The lowest BCUT2D eigenvalue weighted by Gasteiger charge is -2.39. The number of fused-ring (bicyclic) bond motifs is 3. The van der Waals surface area contributed by atoms with Gasteiger partial charge in [0, 0.05) is 11.9 Å². The zero-order chi connectivity index (χ0) is 16.1. The van der Waals surface area contributed by atoms with Crippen LogP contribution in [-0.2, 0) is 9.79 Å². The zero-order valence-electron chi connectivity index (χ0n) is 12.9. The molecule has 2 aliphatic rings. The third kappa shape index (κ3) is 1.64. The molecule has 2 amide bonds. The fourth-order valence-electron chi connectivity index (χ4n) is 3.12. The number of amides is 2. The summed E-state index contributed by atoms with van der Waals surface area (Å²) < 4.78 is 0. The first kappa shape index (κ1) is 15.1. The monoisotopic (exact) mass is 317 g/mol. The Labute approximate surface area is 134 Å². The van der Waals surface area contributed by atoms with Crippen LogP contribution in [0.3, 0.4) is 0 Å². The van der Waals surface area contributed by atoms with Crippen LogP contribution >= 0.6 is 11.8 Å². The minimum Gasteiger partial charge on any atom is -0.317 e. The smallest absolute Gasteiger partial charge is 0.259 e. The summed E-state index contributed by atoms with van der Waals surface area (Å²) in [5.41, 5.74) is 0.280. The van der Waals surface area contributed by atoms with E-state index in [-0.39, 0.29) is 17.7 Å². The largest absolute Gasteiger partial charge is 0.317 e. The third-order valence-electron chi connectivity index (χ3n) is 4.62. The molecule has 1 N–H and O–H groups in total. The number of aromatic nitrogens is 1. The Morgan fingerprint density at radius 2 is 2.23 bits per heavy atom. The van der Waals surface area contributed by atoms with Crippen LogP contribution in [0.15, 0.2) is 31.0 Å². The number of hydrogen-bond donors (Lipinski definition) is 1. The highest BCUT2D eigenvalue weighted by Crippen LogP contribution is 2.53. The van der Waals surface area contributed by atoms with Crippen molar-refractivity contribution in [3.8, 4) is 0 Å². The minimum atomic E-state index is -0.933. The van der Waals surface area contributed by atoms with E-state index >= 15 is 0 Å². The Bertz CT molecular complexity index is 675. The lowest BCUT2D eigenvalue weighted by atomic mass is 9.87. The van der Waals surface area contributed by atoms with Gasteiger partial charge in [-0.05, 0) is 25.0 Å². The quantitative estimate of drug-likeness (QED) is 0.864. The van der Waals surface area contributed by atoms with Gasteiger partial charge in [-0.25, -0.2) is 0 Å². The molecule has 1 saturated heterocycles. The molecular weight excluding hydrogens is 298 g/mol. The lowest BCUT2D eigenvalue weighted by Crippen LogP contribution is -2.54. The number of nitrogens with one attached hydrogen (secondary N) is 1. The molecule has 0 radical (unpaired) electrons. The number of thioether (sulfide) groups is 1. The van der Waals surface area contributed by atoms with Crippen LogP contribution in [0.1, 0.15) is 36.8 Å². The van der Waals surface area contributed by atoms with Gasteiger partial charge in [0.1, 0.15) is 11.2 Å². The van der Waals surface area contributed by atoms with Gasteiger partial charge in [0.05, 0.1) is 5.56 Å². The highest BCUT2D eigenvalue weighted by atomic mass is 32.2. The van der Waals surface area contributed by atoms with Crippen molar-refractivity contribution in [2.45, 2.75) is 31.3 Å². The van der Waals surface area contributed by atoms with Crippen LogP contribution in [-0.4, -0.2) is 33.0 Å². The molecular formula is C16H19N3O2S. The third-order valence-corrected chi connectivity index (χ3v) is 5.92. The molecule has 3 rings (SSSR count). The van der Waals surface area contributed by atoms with Crippen molar-refractivity contribution < 1.29 is 9.59 Å². The molecule has 0 aromatic carbocycles. The molecule has 2 aliphatic heterocycles. The van der Waals surface area contributed by atoms with Crippen LogP contribution in [0.25, 0.3) is 0 Å². The predicted molar refractivity (Wildman–Crippen MR) is 86.1 cm³/mol. The molecule has 22 heavy (non-hydrogen) atoms. The summed E-state index contributed by atoms with van der Waals surface area (Å²) in [7, 11) is 0. The standard InChI is InChI=1S/C16H19N3O2S/c1-5-9-22-16-12-11(7-6-8-17-12)13(20)19(16)15(4,10(2)3)14(21)18-16/h5-8,10H,1,9H2,2-4H3,(H,18,21). The molecule has 0 saturated carbocycles. The molecule has 116 valence electrons. The van der Waals surface area contributed by atoms with E-state index in [1.165, 1.54) is 11.8 Å². The SMILES string of the molecule is C=CCSC12NC(=O)C(C)(C(C)C)N1C(=O)c1cccnc12. The molecule has 3 heterocycles. The van der Waals surface area contributed by atoms with Gasteiger partial charge >= 0.3 is 0 Å². The van der Waals surface area contributed by atoms with Crippen molar-refractivity contribution in [2.75, 3.05) is 5.75 Å². The van der Waals surface area contributed by atoms with Crippen molar-refractivity contribution in [1.82, 2.24) is 15.2 Å². The first-order valence-corrected chi connectivity index (χ1v) is 8.25. The van der Waals surface area contributed by atoms with Gasteiger partial charge in [-0.1, -0.05) is 19.9 Å². The number of carbonyl (C=O) groups is 2. The van der Waals surface area contributed by atoms with E-state index in [4.69, 9.17) is 0 Å². The number of pyridine rings is 1. The molecule has 1 aromatic rings. The Hall–Kier alpha value is -1.82. The second kappa shape index (κ2) is 4.84. The van der Waals surface area contributed by atoms with Crippen molar-refractivity contribution in [3.63, 3.8) is 0 Å². The summed E-state index contributed by atoms with van der Waals surface area (Å²) in [6, 6.07) is 3.52. The van der Waals surface area contributed by atoms with Crippen molar-refractivity contribution in [2.24, 2.45) is 5.92 Å². The minimum absolute atomic E-state index is 0.0167. The first-order valence-electron chi connectivity index (χ1n) is 7.27. The fraction of sp³-hybridized carbons (Fsp3) is 0.438. The predicted octanol–water partition coefficient (Wildman–Crippen LogP) is 2.11. The normalized spacial score (nSPS) is 29.5. The molecule has 2 atom stereocenters. The number of nitrogens with zero attached hydrogens (tertiary/aromatic N) is 2. The van der Waals surface area contributed by atoms with Crippen molar-refractivity contribution in [3.05, 3.63) is 42.2 Å². The molecule has 1 fully saturated rings. The van der Waals surface area contributed by atoms with Crippen molar-refractivity contribution >= 4 is 23.6 Å². The Balaban J connectivity index is 2.23. The van der Waals surface area contributed by atoms with Gasteiger partial charge in [-0.15, -0.1) is 18.3 Å². The maximum absolute atomic E-state index is 13.0. The number of hydrogen-bond acceptors (Lipinski definition) is 4. The summed E-state index contributed by atoms with van der Waals surface area (Å²) in [6.45, 7) is 9.48. The molecule has 1 aromatic heterocycles. The molecule has 0 spiro atoms. The van der Waals surface area contributed by atoms with E-state index in [2.05, 4.69) is 16.9 Å². The lowest BCUT2D eigenvalue weighted by molar-refractivity contribution is -0.127. The van der Waals surface area contributed by atoms with E-state index in [1.807, 2.05) is 20.8 Å². The molecule has 2 unspecified atom stereocenters. The van der Waals surface area contributed by atoms with Gasteiger partial charge in [0.25, 0.3) is 5.91 Å². The number of rotatable bonds is 4. The summed E-state index contributed by atoms with van der Waals surface area (Å²) in [6.07, 6.45) is 3.42. The summed E-state index contributed by atoms with van der Waals surface area (Å²) in [5, 5.41) is 3.04.